The minimum absolute atomic E-state index is 0.361. The molecular formula is C10H8Cl2O. The summed E-state index contributed by atoms with van der Waals surface area (Å²) >= 11 is 11.0. The van der Waals surface area contributed by atoms with Crippen molar-refractivity contribution in [1.82, 2.24) is 0 Å². The fourth-order valence-electron chi connectivity index (χ4n) is 0.896. The van der Waals surface area contributed by atoms with Gasteiger partial charge in [-0.15, -0.1) is 0 Å². The van der Waals surface area contributed by atoms with Crippen LogP contribution in [-0.4, -0.2) is 5.24 Å². The highest BCUT2D eigenvalue weighted by molar-refractivity contribution is 6.68. The van der Waals surface area contributed by atoms with E-state index in [4.69, 9.17) is 23.2 Å². The smallest absolute Gasteiger partial charge is 0.246 e. The second-order valence-corrected chi connectivity index (χ2v) is 3.44. The van der Waals surface area contributed by atoms with E-state index in [0.717, 1.165) is 11.1 Å². The lowest BCUT2D eigenvalue weighted by Gasteiger charge is -1.98. The fourth-order valence-corrected chi connectivity index (χ4v) is 1.29. The number of carbonyl (C=O) groups is 1. The molecule has 0 aliphatic rings. The Morgan fingerprint density at radius 2 is 1.77 bits per heavy atom. The number of rotatable bonds is 2. The average Bonchev–Trinajstić information content (AvgIpc) is 2.04. The maximum Gasteiger partial charge on any atom is 0.246 e. The Labute approximate surface area is 87.0 Å². The molecule has 0 aromatic heterocycles. The second-order valence-electron chi connectivity index (χ2n) is 2.66. The van der Waals surface area contributed by atoms with Gasteiger partial charge in [-0.2, -0.15) is 0 Å². The van der Waals surface area contributed by atoms with Crippen molar-refractivity contribution in [2.24, 2.45) is 0 Å². The van der Waals surface area contributed by atoms with Crippen molar-refractivity contribution in [2.75, 3.05) is 0 Å². The van der Waals surface area contributed by atoms with E-state index in [0.29, 0.717) is 5.03 Å². The summed E-state index contributed by atoms with van der Waals surface area (Å²) in [7, 11) is 0. The van der Waals surface area contributed by atoms with Crippen molar-refractivity contribution < 1.29 is 4.79 Å². The number of aryl methyl sites for hydroxylation is 1. The number of benzene rings is 1. The van der Waals surface area contributed by atoms with Crippen LogP contribution in [0, 0.1) is 6.92 Å². The van der Waals surface area contributed by atoms with Crippen LogP contribution in [0.3, 0.4) is 0 Å². The Morgan fingerprint density at radius 3 is 2.23 bits per heavy atom. The maximum atomic E-state index is 10.5. The summed E-state index contributed by atoms with van der Waals surface area (Å²) in [5, 5.41) is -0.203. The number of allylic oxidation sites excluding steroid dienone is 1. The van der Waals surface area contributed by atoms with Crippen molar-refractivity contribution in [3.63, 3.8) is 0 Å². The Bertz CT molecular complexity index is 338. The summed E-state index contributed by atoms with van der Waals surface area (Å²) in [6, 6.07) is 7.52. The van der Waals surface area contributed by atoms with E-state index >= 15 is 0 Å². The lowest BCUT2D eigenvalue weighted by molar-refractivity contribution is -0.107. The highest BCUT2D eigenvalue weighted by atomic mass is 35.5. The SMILES string of the molecule is Cc1ccc(C(Cl)=CC(=O)Cl)cc1. The summed E-state index contributed by atoms with van der Waals surface area (Å²) in [5.74, 6) is 0. The molecule has 0 atom stereocenters. The minimum Gasteiger partial charge on any atom is -0.276 e. The van der Waals surface area contributed by atoms with Crippen LogP contribution in [0.15, 0.2) is 30.3 Å². The van der Waals surface area contributed by atoms with Gasteiger partial charge in [0.25, 0.3) is 0 Å². The molecule has 0 amide bonds. The molecule has 0 bridgehead atoms. The number of hydrogen-bond donors (Lipinski definition) is 0. The molecule has 68 valence electrons. The first-order valence-corrected chi connectivity index (χ1v) is 4.49. The lowest BCUT2D eigenvalue weighted by atomic mass is 10.1. The molecule has 0 aliphatic carbocycles. The van der Waals surface area contributed by atoms with Gasteiger partial charge in [0.05, 0.1) is 5.03 Å². The van der Waals surface area contributed by atoms with Gasteiger partial charge in [-0.3, -0.25) is 4.79 Å². The Kier molecular flexibility index (Phi) is 3.52. The largest absolute Gasteiger partial charge is 0.276 e. The van der Waals surface area contributed by atoms with Crippen LogP contribution >= 0.6 is 23.2 Å². The zero-order valence-corrected chi connectivity index (χ0v) is 8.56. The summed E-state index contributed by atoms with van der Waals surface area (Å²) < 4.78 is 0. The fraction of sp³-hybridized carbons (Fsp3) is 0.100. The molecule has 0 saturated heterocycles. The minimum atomic E-state index is -0.564. The van der Waals surface area contributed by atoms with Gasteiger partial charge < -0.3 is 0 Å². The van der Waals surface area contributed by atoms with Crippen molar-refractivity contribution in [1.29, 1.82) is 0 Å². The normalized spacial score (nSPS) is 11.5. The van der Waals surface area contributed by atoms with E-state index in [-0.39, 0.29) is 0 Å². The van der Waals surface area contributed by atoms with Gasteiger partial charge in [0.15, 0.2) is 0 Å². The first-order valence-electron chi connectivity index (χ1n) is 3.73. The molecule has 0 fully saturated rings. The molecular weight excluding hydrogens is 207 g/mol. The van der Waals surface area contributed by atoms with Gasteiger partial charge in [-0.25, -0.2) is 0 Å². The zero-order valence-electron chi connectivity index (χ0n) is 7.05. The molecule has 0 heterocycles. The third-order valence-corrected chi connectivity index (χ3v) is 2.00. The first-order chi connectivity index (χ1) is 6.09. The molecule has 0 unspecified atom stereocenters. The van der Waals surface area contributed by atoms with Gasteiger partial charge in [-0.1, -0.05) is 41.4 Å². The molecule has 0 saturated carbocycles. The van der Waals surface area contributed by atoms with E-state index in [1.54, 1.807) is 0 Å². The molecule has 1 nitrogen and oxygen atoms in total. The molecule has 0 N–H and O–H groups in total. The molecule has 1 aromatic carbocycles. The molecule has 13 heavy (non-hydrogen) atoms. The number of halogens is 2. The van der Waals surface area contributed by atoms with Gasteiger partial charge in [-0.05, 0) is 24.1 Å². The van der Waals surface area contributed by atoms with Crippen molar-refractivity contribution >= 4 is 33.5 Å². The third-order valence-electron chi connectivity index (χ3n) is 1.57. The highest BCUT2D eigenvalue weighted by Gasteiger charge is 1.99. The Hall–Kier alpha value is -0.790. The average molecular weight is 215 g/mol. The van der Waals surface area contributed by atoms with Crippen LogP contribution in [0.4, 0.5) is 0 Å². The molecule has 0 radical (unpaired) electrons. The van der Waals surface area contributed by atoms with Crippen molar-refractivity contribution in [3.05, 3.63) is 41.5 Å². The van der Waals surface area contributed by atoms with Crippen LogP contribution in [0.25, 0.3) is 5.03 Å². The molecule has 0 aliphatic heterocycles. The summed E-state index contributed by atoms with van der Waals surface area (Å²) in [6.45, 7) is 1.98. The standard InChI is InChI=1S/C10H8Cl2O/c1-7-2-4-8(5-3-7)9(11)6-10(12)13/h2-6H,1H3. The van der Waals surface area contributed by atoms with Gasteiger partial charge >= 0.3 is 0 Å². The van der Waals surface area contributed by atoms with Crippen LogP contribution in [0.2, 0.25) is 0 Å². The molecule has 1 rings (SSSR count). The highest BCUT2D eigenvalue weighted by Crippen LogP contribution is 2.19. The topological polar surface area (TPSA) is 17.1 Å². The van der Waals surface area contributed by atoms with E-state index in [9.17, 15) is 4.79 Å². The zero-order chi connectivity index (χ0) is 9.84. The van der Waals surface area contributed by atoms with E-state index in [2.05, 4.69) is 0 Å². The van der Waals surface area contributed by atoms with Crippen molar-refractivity contribution in [2.45, 2.75) is 6.92 Å². The molecule has 0 spiro atoms. The summed E-state index contributed by atoms with van der Waals surface area (Å²) in [5.41, 5.74) is 1.94. The van der Waals surface area contributed by atoms with Crippen molar-refractivity contribution in [3.8, 4) is 0 Å². The molecule has 3 heteroatoms. The lowest BCUT2D eigenvalue weighted by Crippen LogP contribution is -1.82. The number of hydrogen-bond acceptors (Lipinski definition) is 1. The summed E-state index contributed by atoms with van der Waals surface area (Å²) in [4.78, 5) is 10.5. The van der Waals surface area contributed by atoms with Gasteiger partial charge in [0.1, 0.15) is 0 Å². The van der Waals surface area contributed by atoms with E-state index < -0.39 is 5.24 Å². The van der Waals surface area contributed by atoms with Gasteiger partial charge in [0.2, 0.25) is 5.24 Å². The third kappa shape index (κ3) is 3.21. The van der Waals surface area contributed by atoms with Crippen LogP contribution < -0.4 is 0 Å². The summed E-state index contributed by atoms with van der Waals surface area (Å²) in [6.07, 6.45) is 1.19. The van der Waals surface area contributed by atoms with Crippen LogP contribution in [0.5, 0.6) is 0 Å². The second kappa shape index (κ2) is 4.45. The maximum absolute atomic E-state index is 10.5. The predicted molar refractivity (Wildman–Crippen MR) is 55.9 cm³/mol. The monoisotopic (exact) mass is 214 g/mol. The number of carbonyl (C=O) groups excluding carboxylic acids is 1. The first kappa shape index (κ1) is 10.3. The Morgan fingerprint density at radius 1 is 1.23 bits per heavy atom. The molecule has 1 aromatic rings. The quantitative estimate of drug-likeness (QED) is 0.546. The van der Waals surface area contributed by atoms with Crippen LogP contribution in [0.1, 0.15) is 11.1 Å². The van der Waals surface area contributed by atoms with E-state index in [1.807, 2.05) is 31.2 Å². The predicted octanol–water partition coefficient (Wildman–Crippen LogP) is 3.34. The van der Waals surface area contributed by atoms with E-state index in [1.165, 1.54) is 6.08 Å². The van der Waals surface area contributed by atoms with Crippen LogP contribution in [-0.2, 0) is 4.79 Å². The Balaban J connectivity index is 2.96. The van der Waals surface area contributed by atoms with Gasteiger partial charge in [0, 0.05) is 6.08 Å².